The van der Waals surface area contributed by atoms with E-state index in [-0.39, 0.29) is 11.8 Å². The van der Waals surface area contributed by atoms with Crippen LogP contribution in [-0.2, 0) is 4.79 Å². The van der Waals surface area contributed by atoms with Gasteiger partial charge in [0.2, 0.25) is 5.91 Å². The quantitative estimate of drug-likeness (QED) is 0.814. The second-order valence-electron chi connectivity index (χ2n) is 6.98. The lowest BCUT2D eigenvalue weighted by atomic mass is 9.97. The Bertz CT molecular complexity index is 749. The van der Waals surface area contributed by atoms with Gasteiger partial charge in [0, 0.05) is 35.6 Å². The van der Waals surface area contributed by atoms with Crippen molar-refractivity contribution in [1.82, 2.24) is 14.8 Å². The number of likely N-dealkylation sites (tertiary alicyclic amines) is 1. The van der Waals surface area contributed by atoms with Gasteiger partial charge in [-0.25, -0.2) is 4.98 Å². The smallest absolute Gasteiger partial charge is 0.230 e. The number of likely N-dealkylation sites (N-methyl/N-ethyl adjacent to an activating group) is 1. The third-order valence-corrected chi connectivity index (χ3v) is 5.59. The average Bonchev–Trinajstić information content (AvgIpc) is 3.09. The molecule has 0 bridgehead atoms. The number of amides is 1. The Balaban J connectivity index is 1.58. The van der Waals surface area contributed by atoms with Crippen LogP contribution >= 0.6 is 22.9 Å². The van der Waals surface area contributed by atoms with Crippen molar-refractivity contribution >= 4 is 34.0 Å². The molecule has 1 aromatic heterocycles. The van der Waals surface area contributed by atoms with Gasteiger partial charge < -0.3 is 15.1 Å². The maximum atomic E-state index is 12.6. The van der Waals surface area contributed by atoms with Crippen molar-refractivity contribution in [2.24, 2.45) is 5.92 Å². The molecule has 1 aromatic carbocycles. The van der Waals surface area contributed by atoms with E-state index in [0.29, 0.717) is 10.2 Å². The summed E-state index contributed by atoms with van der Waals surface area (Å²) in [4.78, 5) is 21.8. The summed E-state index contributed by atoms with van der Waals surface area (Å²) in [6, 6.07) is 7.59. The first kappa shape index (κ1) is 19.3. The number of halogens is 1. The first-order valence-electron chi connectivity index (χ1n) is 8.90. The predicted molar refractivity (Wildman–Crippen MR) is 109 cm³/mol. The summed E-state index contributed by atoms with van der Waals surface area (Å²) in [5, 5.41) is 6.28. The number of carbonyl (C=O) groups excluding carboxylic acids is 1. The van der Waals surface area contributed by atoms with E-state index in [2.05, 4.69) is 34.2 Å². The molecule has 2 heterocycles. The number of anilines is 1. The number of thiazole rings is 1. The third-order valence-electron chi connectivity index (χ3n) is 4.59. The molecule has 1 N–H and O–H groups in total. The van der Waals surface area contributed by atoms with E-state index in [1.807, 2.05) is 29.6 Å². The minimum atomic E-state index is 0.0319. The van der Waals surface area contributed by atoms with Crippen LogP contribution in [0.3, 0.4) is 0 Å². The van der Waals surface area contributed by atoms with Crippen LogP contribution in [0.15, 0.2) is 29.6 Å². The molecule has 140 valence electrons. The molecule has 1 fully saturated rings. The standard InChI is InChI=1S/C19H25ClN4OS/c1-23(2)9-10-24-8-4-6-15(12-24)18(25)22-19-21-17(13-26-19)14-5-3-7-16(20)11-14/h3,5,7,11,13,15H,4,6,8-10,12H2,1-2H3,(H,21,22,25). The highest BCUT2D eigenvalue weighted by molar-refractivity contribution is 7.14. The normalized spacial score (nSPS) is 18.2. The monoisotopic (exact) mass is 392 g/mol. The molecule has 1 aliphatic rings. The van der Waals surface area contributed by atoms with Gasteiger partial charge >= 0.3 is 0 Å². The highest BCUT2D eigenvalue weighted by atomic mass is 35.5. The summed E-state index contributed by atoms with van der Waals surface area (Å²) in [6.45, 7) is 3.93. The van der Waals surface area contributed by atoms with Crippen LogP contribution in [0.1, 0.15) is 12.8 Å². The van der Waals surface area contributed by atoms with Crippen molar-refractivity contribution in [3.8, 4) is 11.3 Å². The van der Waals surface area contributed by atoms with Gasteiger partial charge in [-0.3, -0.25) is 4.79 Å². The van der Waals surface area contributed by atoms with Crippen LogP contribution in [0.4, 0.5) is 5.13 Å². The number of rotatable bonds is 6. The molecule has 1 unspecified atom stereocenters. The van der Waals surface area contributed by atoms with E-state index in [1.165, 1.54) is 11.3 Å². The fraction of sp³-hybridized carbons (Fsp3) is 0.474. The van der Waals surface area contributed by atoms with Gasteiger partial charge in [-0.2, -0.15) is 0 Å². The SMILES string of the molecule is CN(C)CCN1CCCC(C(=O)Nc2nc(-c3cccc(Cl)c3)cs2)C1. The maximum absolute atomic E-state index is 12.6. The Morgan fingerprint density at radius 1 is 1.46 bits per heavy atom. The highest BCUT2D eigenvalue weighted by Crippen LogP contribution is 2.27. The molecule has 2 aromatic rings. The van der Waals surface area contributed by atoms with Crippen LogP contribution in [0.25, 0.3) is 11.3 Å². The number of aromatic nitrogens is 1. The number of nitrogens with one attached hydrogen (secondary N) is 1. The molecule has 1 saturated heterocycles. The Morgan fingerprint density at radius 3 is 3.08 bits per heavy atom. The van der Waals surface area contributed by atoms with Crippen molar-refractivity contribution < 1.29 is 4.79 Å². The molecular weight excluding hydrogens is 368 g/mol. The minimum Gasteiger partial charge on any atom is -0.308 e. The number of benzene rings is 1. The summed E-state index contributed by atoms with van der Waals surface area (Å²) in [5.74, 6) is 0.107. The molecule has 0 radical (unpaired) electrons. The molecule has 3 rings (SSSR count). The molecule has 0 aliphatic carbocycles. The largest absolute Gasteiger partial charge is 0.308 e. The Kier molecular flexibility index (Phi) is 6.64. The van der Waals surface area contributed by atoms with Crippen LogP contribution in [0.5, 0.6) is 0 Å². The van der Waals surface area contributed by atoms with Crippen molar-refractivity contribution in [2.45, 2.75) is 12.8 Å². The van der Waals surface area contributed by atoms with E-state index in [1.54, 1.807) is 0 Å². The lowest BCUT2D eigenvalue weighted by Gasteiger charge is -2.32. The van der Waals surface area contributed by atoms with Gasteiger partial charge in [0.1, 0.15) is 0 Å². The fourth-order valence-corrected chi connectivity index (χ4v) is 4.05. The zero-order chi connectivity index (χ0) is 18.5. The molecule has 1 aliphatic heterocycles. The van der Waals surface area contributed by atoms with Crippen molar-refractivity contribution in [3.63, 3.8) is 0 Å². The molecule has 1 amide bonds. The lowest BCUT2D eigenvalue weighted by molar-refractivity contribution is -0.121. The zero-order valence-electron chi connectivity index (χ0n) is 15.2. The molecule has 0 spiro atoms. The number of piperidine rings is 1. The summed E-state index contributed by atoms with van der Waals surface area (Å²) < 4.78 is 0. The third kappa shape index (κ3) is 5.27. The second kappa shape index (κ2) is 8.95. The molecule has 26 heavy (non-hydrogen) atoms. The summed E-state index contributed by atoms with van der Waals surface area (Å²) in [6.07, 6.45) is 2.01. The minimum absolute atomic E-state index is 0.0319. The first-order valence-corrected chi connectivity index (χ1v) is 10.2. The summed E-state index contributed by atoms with van der Waals surface area (Å²) >= 11 is 7.50. The zero-order valence-corrected chi connectivity index (χ0v) is 16.8. The van der Waals surface area contributed by atoms with Gasteiger partial charge in [0.05, 0.1) is 11.6 Å². The van der Waals surface area contributed by atoms with Crippen molar-refractivity contribution in [2.75, 3.05) is 45.6 Å². The van der Waals surface area contributed by atoms with E-state index >= 15 is 0 Å². The fourth-order valence-electron chi connectivity index (χ4n) is 3.13. The van der Waals surface area contributed by atoms with E-state index in [9.17, 15) is 4.79 Å². The highest BCUT2D eigenvalue weighted by Gasteiger charge is 2.26. The maximum Gasteiger partial charge on any atom is 0.230 e. The average molecular weight is 393 g/mol. The number of hydrogen-bond acceptors (Lipinski definition) is 5. The Labute approximate surface area is 164 Å². The van der Waals surface area contributed by atoms with Gasteiger partial charge in [0.25, 0.3) is 0 Å². The molecule has 0 saturated carbocycles. The lowest BCUT2D eigenvalue weighted by Crippen LogP contribution is -2.43. The molecule has 5 nitrogen and oxygen atoms in total. The van der Waals surface area contributed by atoms with Crippen LogP contribution < -0.4 is 5.32 Å². The van der Waals surface area contributed by atoms with Crippen LogP contribution in [0.2, 0.25) is 5.02 Å². The first-order chi connectivity index (χ1) is 12.5. The van der Waals surface area contributed by atoms with Gasteiger partial charge in [-0.1, -0.05) is 23.7 Å². The second-order valence-corrected chi connectivity index (χ2v) is 8.28. The molecule has 7 heteroatoms. The van der Waals surface area contributed by atoms with E-state index in [4.69, 9.17) is 11.6 Å². The summed E-state index contributed by atoms with van der Waals surface area (Å²) in [5.41, 5.74) is 1.80. The molecular formula is C19H25ClN4OS. The Hall–Kier alpha value is -1.47. The van der Waals surface area contributed by atoms with Crippen molar-refractivity contribution in [3.05, 3.63) is 34.7 Å². The topological polar surface area (TPSA) is 48.5 Å². The van der Waals surface area contributed by atoms with Gasteiger partial charge in [0.15, 0.2) is 5.13 Å². The number of nitrogens with zero attached hydrogens (tertiary/aromatic N) is 3. The number of carbonyl (C=O) groups is 1. The van der Waals surface area contributed by atoms with Crippen LogP contribution in [0, 0.1) is 5.92 Å². The molecule has 1 atom stereocenters. The van der Waals surface area contributed by atoms with Gasteiger partial charge in [-0.15, -0.1) is 11.3 Å². The predicted octanol–water partition coefficient (Wildman–Crippen LogP) is 3.68. The van der Waals surface area contributed by atoms with Gasteiger partial charge in [-0.05, 0) is 45.6 Å². The summed E-state index contributed by atoms with van der Waals surface area (Å²) in [7, 11) is 4.15. The Morgan fingerprint density at radius 2 is 2.31 bits per heavy atom. The van der Waals surface area contributed by atoms with E-state index < -0.39 is 0 Å². The van der Waals surface area contributed by atoms with Crippen LogP contribution in [-0.4, -0.2) is 61.0 Å². The van der Waals surface area contributed by atoms with Crippen molar-refractivity contribution in [1.29, 1.82) is 0 Å². The number of hydrogen-bond donors (Lipinski definition) is 1. The van der Waals surface area contributed by atoms with E-state index in [0.717, 1.165) is 50.3 Å².